The Morgan fingerprint density at radius 3 is 2.37 bits per heavy atom. The Hall–Kier alpha value is -1.53. The van der Waals surface area contributed by atoms with Crippen LogP contribution in [0.5, 0.6) is 0 Å². The molecule has 0 radical (unpaired) electrons. The van der Waals surface area contributed by atoms with Crippen LogP contribution in [0, 0.1) is 11.3 Å². The van der Waals surface area contributed by atoms with Gasteiger partial charge in [0.1, 0.15) is 0 Å². The number of nitrogens with two attached hydrogens (primary N) is 1. The van der Waals surface area contributed by atoms with E-state index in [9.17, 15) is 0 Å². The molecule has 2 fully saturated rings. The average Bonchev–Trinajstić information content (AvgIpc) is 2.39. The Balaban J connectivity index is 1.83. The van der Waals surface area contributed by atoms with Gasteiger partial charge < -0.3 is 10.6 Å². The fourth-order valence-corrected chi connectivity index (χ4v) is 3.72. The molecule has 0 amide bonds. The van der Waals surface area contributed by atoms with Crippen LogP contribution in [0.15, 0.2) is 24.3 Å². The molecule has 2 heterocycles. The van der Waals surface area contributed by atoms with E-state index in [4.69, 9.17) is 11.0 Å². The quantitative estimate of drug-likeness (QED) is 0.883. The molecular formula is C16H21N3. The number of benzene rings is 1. The molecule has 0 spiro atoms. The first-order valence-electron chi connectivity index (χ1n) is 7.27. The normalized spacial score (nSPS) is 29.9. The average molecular weight is 255 g/mol. The summed E-state index contributed by atoms with van der Waals surface area (Å²) in [6.07, 6.45) is 6.62. The molecule has 2 atom stereocenters. The van der Waals surface area contributed by atoms with Crippen LogP contribution in [0.2, 0.25) is 0 Å². The van der Waals surface area contributed by atoms with Gasteiger partial charge in [0.25, 0.3) is 0 Å². The lowest BCUT2D eigenvalue weighted by Gasteiger charge is -2.49. The van der Waals surface area contributed by atoms with Crippen molar-refractivity contribution in [1.82, 2.24) is 0 Å². The van der Waals surface area contributed by atoms with Crippen LogP contribution in [0.4, 0.5) is 5.69 Å². The van der Waals surface area contributed by atoms with Crippen LogP contribution in [0.3, 0.4) is 0 Å². The third-order valence-corrected chi connectivity index (χ3v) is 4.53. The number of nitriles is 1. The van der Waals surface area contributed by atoms with Crippen molar-refractivity contribution in [2.75, 3.05) is 4.90 Å². The minimum absolute atomic E-state index is 0.379. The van der Waals surface area contributed by atoms with Gasteiger partial charge in [-0.3, -0.25) is 0 Å². The SMILES string of the molecule is N#CCc1ccc(N2C3CCCC2CC(N)C3)cc1. The van der Waals surface area contributed by atoms with Gasteiger partial charge in [-0.2, -0.15) is 5.26 Å². The van der Waals surface area contributed by atoms with E-state index in [0.29, 0.717) is 24.5 Å². The van der Waals surface area contributed by atoms with Gasteiger partial charge in [-0.25, -0.2) is 0 Å². The summed E-state index contributed by atoms with van der Waals surface area (Å²) in [5.41, 5.74) is 8.58. The first kappa shape index (κ1) is 12.5. The summed E-state index contributed by atoms with van der Waals surface area (Å²) in [5, 5.41) is 8.72. The van der Waals surface area contributed by atoms with Gasteiger partial charge in [-0.15, -0.1) is 0 Å². The molecule has 0 aliphatic carbocycles. The second kappa shape index (κ2) is 5.22. The van der Waals surface area contributed by atoms with Crippen LogP contribution >= 0.6 is 0 Å². The van der Waals surface area contributed by atoms with Gasteiger partial charge in [0, 0.05) is 23.8 Å². The molecular weight excluding hydrogens is 234 g/mol. The van der Waals surface area contributed by atoms with Gasteiger partial charge in [0.05, 0.1) is 12.5 Å². The van der Waals surface area contributed by atoms with Crippen molar-refractivity contribution in [3.63, 3.8) is 0 Å². The lowest BCUT2D eigenvalue weighted by Crippen LogP contribution is -2.55. The van der Waals surface area contributed by atoms with Crippen molar-refractivity contribution in [3.05, 3.63) is 29.8 Å². The van der Waals surface area contributed by atoms with Crippen molar-refractivity contribution in [1.29, 1.82) is 5.26 Å². The lowest BCUT2D eigenvalue weighted by molar-refractivity contribution is 0.271. The maximum atomic E-state index is 8.72. The van der Waals surface area contributed by atoms with E-state index < -0.39 is 0 Å². The summed E-state index contributed by atoms with van der Waals surface area (Å²) in [6.45, 7) is 0. The minimum atomic E-state index is 0.379. The number of fused-ring (bicyclic) bond motifs is 2. The molecule has 2 aliphatic rings. The molecule has 1 aromatic carbocycles. The van der Waals surface area contributed by atoms with E-state index in [1.165, 1.54) is 24.9 Å². The number of nitrogens with zero attached hydrogens (tertiary/aromatic N) is 2. The van der Waals surface area contributed by atoms with Gasteiger partial charge in [0.2, 0.25) is 0 Å². The molecule has 2 N–H and O–H groups in total. The molecule has 3 nitrogen and oxygen atoms in total. The van der Waals surface area contributed by atoms with E-state index in [1.807, 2.05) is 0 Å². The summed E-state index contributed by atoms with van der Waals surface area (Å²) < 4.78 is 0. The molecule has 2 bridgehead atoms. The molecule has 1 aromatic rings. The standard InChI is InChI=1S/C16H21N3/c17-9-8-12-4-6-14(7-5-12)19-15-2-1-3-16(19)11-13(18)10-15/h4-7,13,15-16H,1-3,8,10-11,18H2. The van der Waals surface area contributed by atoms with Crippen LogP contribution < -0.4 is 10.6 Å². The summed E-state index contributed by atoms with van der Waals surface area (Å²) in [5.74, 6) is 0. The molecule has 2 saturated heterocycles. The molecule has 100 valence electrons. The third-order valence-electron chi connectivity index (χ3n) is 4.53. The number of hydrogen-bond donors (Lipinski definition) is 1. The van der Waals surface area contributed by atoms with Crippen LogP contribution in [-0.2, 0) is 6.42 Å². The smallest absolute Gasteiger partial charge is 0.0669 e. The van der Waals surface area contributed by atoms with E-state index >= 15 is 0 Å². The Bertz CT molecular complexity index is 460. The molecule has 0 aromatic heterocycles. The highest BCUT2D eigenvalue weighted by molar-refractivity contribution is 5.51. The Morgan fingerprint density at radius 2 is 1.79 bits per heavy atom. The van der Waals surface area contributed by atoms with Crippen LogP contribution in [-0.4, -0.2) is 18.1 Å². The molecule has 3 rings (SSSR count). The highest BCUT2D eigenvalue weighted by Gasteiger charge is 2.36. The summed E-state index contributed by atoms with van der Waals surface area (Å²) in [6, 6.07) is 12.3. The topological polar surface area (TPSA) is 53.0 Å². The number of piperidine rings is 2. The Morgan fingerprint density at radius 1 is 1.16 bits per heavy atom. The highest BCUT2D eigenvalue weighted by atomic mass is 15.2. The highest BCUT2D eigenvalue weighted by Crippen LogP contribution is 2.37. The summed E-state index contributed by atoms with van der Waals surface area (Å²) in [4.78, 5) is 2.59. The Labute approximate surface area is 115 Å². The van der Waals surface area contributed by atoms with Gasteiger partial charge in [-0.05, 0) is 49.8 Å². The zero-order valence-electron chi connectivity index (χ0n) is 11.3. The monoisotopic (exact) mass is 255 g/mol. The second-order valence-corrected chi connectivity index (χ2v) is 5.88. The molecule has 0 saturated carbocycles. The van der Waals surface area contributed by atoms with Crippen molar-refractivity contribution in [2.24, 2.45) is 5.73 Å². The third kappa shape index (κ3) is 2.46. The predicted molar refractivity (Wildman–Crippen MR) is 76.9 cm³/mol. The largest absolute Gasteiger partial charge is 0.365 e. The van der Waals surface area contributed by atoms with Crippen molar-refractivity contribution >= 4 is 5.69 Å². The van der Waals surface area contributed by atoms with Crippen LogP contribution in [0.1, 0.15) is 37.7 Å². The second-order valence-electron chi connectivity index (χ2n) is 5.88. The molecule has 2 unspecified atom stereocenters. The fraction of sp³-hybridized carbons (Fsp3) is 0.562. The predicted octanol–water partition coefficient (Wildman–Crippen LogP) is 2.60. The van der Waals surface area contributed by atoms with E-state index in [-0.39, 0.29) is 0 Å². The van der Waals surface area contributed by atoms with Crippen LogP contribution in [0.25, 0.3) is 0 Å². The summed E-state index contributed by atoms with van der Waals surface area (Å²) >= 11 is 0. The van der Waals surface area contributed by atoms with Crippen molar-refractivity contribution < 1.29 is 0 Å². The molecule has 2 aliphatic heterocycles. The number of rotatable bonds is 2. The number of hydrogen-bond acceptors (Lipinski definition) is 3. The number of anilines is 1. The molecule has 19 heavy (non-hydrogen) atoms. The minimum Gasteiger partial charge on any atom is -0.365 e. The first-order chi connectivity index (χ1) is 9.28. The van der Waals surface area contributed by atoms with Crippen molar-refractivity contribution in [3.8, 4) is 6.07 Å². The van der Waals surface area contributed by atoms with E-state index in [1.54, 1.807) is 0 Å². The Kier molecular flexibility index (Phi) is 3.44. The first-order valence-corrected chi connectivity index (χ1v) is 7.27. The summed E-state index contributed by atoms with van der Waals surface area (Å²) in [7, 11) is 0. The van der Waals surface area contributed by atoms with Gasteiger partial charge in [0.15, 0.2) is 0 Å². The lowest BCUT2D eigenvalue weighted by atomic mass is 9.81. The van der Waals surface area contributed by atoms with Gasteiger partial charge in [-0.1, -0.05) is 12.1 Å². The van der Waals surface area contributed by atoms with E-state index in [0.717, 1.165) is 18.4 Å². The fourth-order valence-electron chi connectivity index (χ4n) is 3.72. The van der Waals surface area contributed by atoms with Gasteiger partial charge >= 0.3 is 0 Å². The zero-order valence-corrected chi connectivity index (χ0v) is 11.3. The maximum absolute atomic E-state index is 8.72. The zero-order chi connectivity index (χ0) is 13.2. The van der Waals surface area contributed by atoms with E-state index in [2.05, 4.69) is 35.2 Å². The van der Waals surface area contributed by atoms with Crippen molar-refractivity contribution in [2.45, 2.75) is 56.7 Å². The maximum Gasteiger partial charge on any atom is 0.0669 e. The molecule has 3 heteroatoms.